The highest BCUT2D eigenvalue weighted by Crippen LogP contribution is 2.17. The van der Waals surface area contributed by atoms with Crippen molar-refractivity contribution < 1.29 is 14.3 Å². The molecule has 0 saturated carbocycles. The van der Waals surface area contributed by atoms with E-state index < -0.39 is 6.09 Å². The number of alkyl carbamates (subject to hydrolysis) is 1. The number of carbonyl (C=O) groups is 2. The van der Waals surface area contributed by atoms with Crippen molar-refractivity contribution in [2.75, 3.05) is 18.0 Å². The van der Waals surface area contributed by atoms with Crippen LogP contribution in [0.3, 0.4) is 0 Å². The van der Waals surface area contributed by atoms with E-state index in [4.69, 9.17) is 4.74 Å². The number of aromatic nitrogens is 3. The Kier molecular flexibility index (Phi) is 7.15. The van der Waals surface area contributed by atoms with Gasteiger partial charge in [0.05, 0.1) is 11.8 Å². The fraction of sp³-hybridized carbons (Fsp3) is 0.273. The lowest BCUT2D eigenvalue weighted by molar-refractivity contribution is -0.114. The molecule has 0 bridgehead atoms. The van der Waals surface area contributed by atoms with Crippen molar-refractivity contribution in [3.05, 3.63) is 60.4 Å². The molecule has 3 aromatic rings. The molecule has 2 aromatic heterocycles. The SMILES string of the molecule is CC(C)OC(=O)NCCCN(C(=O)/C=C/c1[nH]nc2ncccc12)c1ccccc1. The molecule has 8 nitrogen and oxygen atoms in total. The van der Waals surface area contributed by atoms with E-state index >= 15 is 0 Å². The number of anilines is 1. The van der Waals surface area contributed by atoms with Crippen molar-refractivity contribution in [2.24, 2.45) is 0 Å². The van der Waals surface area contributed by atoms with E-state index in [0.717, 1.165) is 16.8 Å². The van der Waals surface area contributed by atoms with Gasteiger partial charge in [-0.1, -0.05) is 18.2 Å². The van der Waals surface area contributed by atoms with Crippen LogP contribution in [0.5, 0.6) is 0 Å². The smallest absolute Gasteiger partial charge is 0.407 e. The highest BCUT2D eigenvalue weighted by Gasteiger charge is 2.14. The fourth-order valence-corrected chi connectivity index (χ4v) is 2.90. The average molecular weight is 407 g/mol. The molecule has 0 aliphatic rings. The van der Waals surface area contributed by atoms with E-state index in [1.54, 1.807) is 31.0 Å². The summed E-state index contributed by atoms with van der Waals surface area (Å²) < 4.78 is 5.05. The van der Waals surface area contributed by atoms with Crippen molar-refractivity contribution in [3.8, 4) is 0 Å². The Morgan fingerprint density at radius 1 is 1.20 bits per heavy atom. The summed E-state index contributed by atoms with van der Waals surface area (Å²) in [6, 6.07) is 13.1. The standard InChI is InChI=1S/C22H25N5O3/c1-16(2)30-22(29)24-14-7-15-27(17-8-4-3-5-9-17)20(28)12-11-19-18-10-6-13-23-21(18)26-25-19/h3-6,8-13,16H,7,14-15H2,1-2H3,(H,24,29)(H,23,25,26)/b12-11+. The number of benzene rings is 1. The normalized spacial score (nSPS) is 11.2. The van der Waals surface area contributed by atoms with E-state index in [1.165, 1.54) is 6.08 Å². The Morgan fingerprint density at radius 3 is 2.77 bits per heavy atom. The van der Waals surface area contributed by atoms with Gasteiger partial charge in [-0.25, -0.2) is 9.78 Å². The number of fused-ring (bicyclic) bond motifs is 1. The molecule has 0 radical (unpaired) electrons. The van der Waals surface area contributed by atoms with Gasteiger partial charge in [0.1, 0.15) is 0 Å². The molecule has 2 heterocycles. The van der Waals surface area contributed by atoms with Crippen molar-refractivity contribution in [3.63, 3.8) is 0 Å². The second kappa shape index (κ2) is 10.2. The monoisotopic (exact) mass is 407 g/mol. The molecular weight excluding hydrogens is 382 g/mol. The third kappa shape index (κ3) is 5.66. The predicted octanol–water partition coefficient (Wildman–Crippen LogP) is 3.53. The van der Waals surface area contributed by atoms with Crippen LogP contribution >= 0.6 is 0 Å². The van der Waals surface area contributed by atoms with Crippen LogP contribution in [0.25, 0.3) is 17.1 Å². The molecule has 8 heteroatoms. The largest absolute Gasteiger partial charge is 0.447 e. The second-order valence-electron chi connectivity index (χ2n) is 6.91. The van der Waals surface area contributed by atoms with E-state index in [2.05, 4.69) is 20.5 Å². The second-order valence-corrected chi connectivity index (χ2v) is 6.91. The highest BCUT2D eigenvalue weighted by atomic mass is 16.6. The Bertz CT molecular complexity index is 1010. The number of para-hydroxylation sites is 1. The van der Waals surface area contributed by atoms with Crippen LogP contribution in [0, 0.1) is 0 Å². The number of ether oxygens (including phenoxy) is 1. The van der Waals surface area contributed by atoms with Gasteiger partial charge in [-0.05, 0) is 50.6 Å². The highest BCUT2D eigenvalue weighted by molar-refractivity contribution is 6.04. The minimum atomic E-state index is -0.456. The molecular formula is C22H25N5O3. The van der Waals surface area contributed by atoms with Crippen LogP contribution in [0.4, 0.5) is 10.5 Å². The topological polar surface area (TPSA) is 100 Å². The van der Waals surface area contributed by atoms with Crippen molar-refractivity contribution in [1.29, 1.82) is 0 Å². The van der Waals surface area contributed by atoms with Crippen molar-refractivity contribution in [2.45, 2.75) is 26.4 Å². The molecule has 0 spiro atoms. The van der Waals surface area contributed by atoms with Gasteiger partial charge >= 0.3 is 6.09 Å². The van der Waals surface area contributed by atoms with Crippen LogP contribution in [0.2, 0.25) is 0 Å². The molecule has 0 unspecified atom stereocenters. The first-order chi connectivity index (χ1) is 14.5. The average Bonchev–Trinajstić information content (AvgIpc) is 3.15. The number of H-pyrrole nitrogens is 1. The number of hydrogen-bond donors (Lipinski definition) is 2. The summed E-state index contributed by atoms with van der Waals surface area (Å²) >= 11 is 0. The van der Waals surface area contributed by atoms with Crippen molar-refractivity contribution in [1.82, 2.24) is 20.5 Å². The van der Waals surface area contributed by atoms with Crippen LogP contribution in [0.15, 0.2) is 54.7 Å². The number of pyridine rings is 1. The number of amides is 2. The Balaban J connectivity index is 1.66. The van der Waals surface area contributed by atoms with Crippen LogP contribution in [-0.4, -0.2) is 46.4 Å². The third-order valence-electron chi connectivity index (χ3n) is 4.26. The van der Waals surface area contributed by atoms with Crippen molar-refractivity contribution >= 4 is 34.8 Å². The molecule has 0 aliphatic carbocycles. The van der Waals surface area contributed by atoms with Crippen LogP contribution in [0.1, 0.15) is 26.0 Å². The molecule has 156 valence electrons. The summed E-state index contributed by atoms with van der Waals surface area (Å²) in [5.41, 5.74) is 2.11. The quantitative estimate of drug-likeness (QED) is 0.439. The van der Waals surface area contributed by atoms with E-state index in [1.807, 2.05) is 42.5 Å². The first kappa shape index (κ1) is 21.0. The Labute approximate surface area is 174 Å². The summed E-state index contributed by atoms with van der Waals surface area (Å²) in [4.78, 5) is 30.4. The Hall–Kier alpha value is -3.68. The number of aromatic amines is 1. The van der Waals surface area contributed by atoms with Gasteiger partial charge in [-0.15, -0.1) is 0 Å². The zero-order chi connectivity index (χ0) is 21.3. The number of hydrogen-bond acceptors (Lipinski definition) is 5. The predicted molar refractivity (Wildman–Crippen MR) is 116 cm³/mol. The van der Waals surface area contributed by atoms with Crippen LogP contribution < -0.4 is 10.2 Å². The number of carbonyl (C=O) groups excluding carboxylic acids is 2. The minimum Gasteiger partial charge on any atom is -0.447 e. The zero-order valence-electron chi connectivity index (χ0n) is 17.0. The Morgan fingerprint density at radius 2 is 2.00 bits per heavy atom. The van der Waals surface area contributed by atoms with Gasteiger partial charge in [0.15, 0.2) is 5.65 Å². The molecule has 0 atom stereocenters. The molecule has 0 saturated heterocycles. The number of rotatable bonds is 8. The third-order valence-corrected chi connectivity index (χ3v) is 4.26. The molecule has 2 N–H and O–H groups in total. The van der Waals surface area contributed by atoms with Crippen LogP contribution in [-0.2, 0) is 9.53 Å². The number of nitrogens with zero attached hydrogens (tertiary/aromatic N) is 3. The van der Waals surface area contributed by atoms with E-state index in [-0.39, 0.29) is 12.0 Å². The first-order valence-corrected chi connectivity index (χ1v) is 9.83. The summed E-state index contributed by atoms with van der Waals surface area (Å²) in [5.74, 6) is -0.169. The molecule has 3 rings (SSSR count). The molecule has 0 aliphatic heterocycles. The lowest BCUT2D eigenvalue weighted by Gasteiger charge is -2.21. The van der Waals surface area contributed by atoms with Gasteiger partial charge in [0.2, 0.25) is 0 Å². The van der Waals surface area contributed by atoms with E-state index in [9.17, 15) is 9.59 Å². The minimum absolute atomic E-state index is 0.169. The molecule has 30 heavy (non-hydrogen) atoms. The lowest BCUT2D eigenvalue weighted by atomic mass is 10.2. The summed E-state index contributed by atoms with van der Waals surface area (Å²) in [6.45, 7) is 4.44. The number of nitrogens with one attached hydrogen (secondary N) is 2. The maximum Gasteiger partial charge on any atom is 0.407 e. The lowest BCUT2D eigenvalue weighted by Crippen LogP contribution is -2.34. The van der Waals surface area contributed by atoms with Gasteiger partial charge in [-0.3, -0.25) is 9.89 Å². The fourth-order valence-electron chi connectivity index (χ4n) is 2.90. The summed E-state index contributed by atoms with van der Waals surface area (Å²) in [6.07, 6.45) is 4.83. The van der Waals surface area contributed by atoms with E-state index in [0.29, 0.717) is 25.2 Å². The maximum absolute atomic E-state index is 12.9. The summed E-state index contributed by atoms with van der Waals surface area (Å²) in [7, 11) is 0. The summed E-state index contributed by atoms with van der Waals surface area (Å²) in [5, 5.41) is 10.6. The maximum atomic E-state index is 12.9. The molecule has 1 aromatic carbocycles. The van der Waals surface area contributed by atoms with Gasteiger partial charge < -0.3 is 15.0 Å². The molecule has 0 fully saturated rings. The molecule has 2 amide bonds. The first-order valence-electron chi connectivity index (χ1n) is 9.83. The van der Waals surface area contributed by atoms with Gasteiger partial charge in [0, 0.05) is 36.4 Å². The zero-order valence-corrected chi connectivity index (χ0v) is 17.0. The van der Waals surface area contributed by atoms with Gasteiger partial charge in [-0.2, -0.15) is 5.10 Å². The van der Waals surface area contributed by atoms with Gasteiger partial charge in [0.25, 0.3) is 5.91 Å².